The Kier molecular flexibility index (Phi) is 8.49. The zero-order chi connectivity index (χ0) is 31.3. The van der Waals surface area contributed by atoms with E-state index in [1.54, 1.807) is 45.0 Å². The Morgan fingerprint density at radius 3 is 2.44 bits per heavy atom. The van der Waals surface area contributed by atoms with Crippen molar-refractivity contribution >= 4 is 21.9 Å². The quantitative estimate of drug-likeness (QED) is 0.342. The van der Waals surface area contributed by atoms with Crippen LogP contribution in [0.5, 0.6) is 0 Å². The van der Waals surface area contributed by atoms with Crippen molar-refractivity contribution in [2.45, 2.75) is 69.0 Å². The number of ether oxygens (including phenoxy) is 4. The Morgan fingerprint density at radius 1 is 1.16 bits per heavy atom. The maximum Gasteiger partial charge on any atom is 0.468 e. The molecule has 5 rings (SSSR count). The smallest absolute Gasteiger partial charge is 0.461 e. The summed E-state index contributed by atoms with van der Waals surface area (Å²) in [4.78, 5) is 16.8. The van der Waals surface area contributed by atoms with Gasteiger partial charge in [0.25, 0.3) is 5.90 Å². The zero-order valence-corrected chi connectivity index (χ0v) is 25.1. The van der Waals surface area contributed by atoms with Gasteiger partial charge in [-0.1, -0.05) is 18.2 Å². The van der Waals surface area contributed by atoms with Crippen LogP contribution in [0.4, 0.5) is 13.2 Å². The number of sulfonamides is 1. The fourth-order valence-corrected chi connectivity index (χ4v) is 8.10. The van der Waals surface area contributed by atoms with Crippen molar-refractivity contribution in [3.8, 4) is 0 Å². The van der Waals surface area contributed by atoms with E-state index < -0.39 is 69.4 Å². The predicted molar refractivity (Wildman–Crippen MR) is 147 cm³/mol. The van der Waals surface area contributed by atoms with Crippen molar-refractivity contribution in [3.05, 3.63) is 42.0 Å². The Labute approximate surface area is 248 Å². The number of aliphatic imine (C=N–C) groups is 1. The van der Waals surface area contributed by atoms with Crippen LogP contribution in [0.2, 0.25) is 0 Å². The van der Waals surface area contributed by atoms with Crippen molar-refractivity contribution in [1.82, 2.24) is 4.31 Å². The first-order chi connectivity index (χ1) is 20.1. The molecule has 4 atom stereocenters. The van der Waals surface area contributed by atoms with Crippen molar-refractivity contribution in [2.24, 2.45) is 21.7 Å². The molecule has 0 saturated carbocycles. The molecule has 0 unspecified atom stereocenters. The van der Waals surface area contributed by atoms with Crippen LogP contribution < -0.4 is 0 Å². The third kappa shape index (κ3) is 5.96. The van der Waals surface area contributed by atoms with Gasteiger partial charge in [0.1, 0.15) is 12.6 Å². The summed E-state index contributed by atoms with van der Waals surface area (Å²) in [6, 6.07) is 6.41. The summed E-state index contributed by atoms with van der Waals surface area (Å²) in [5.74, 6) is -2.62. The molecule has 1 aliphatic carbocycles. The molecule has 0 amide bonds. The first-order valence-corrected chi connectivity index (χ1v) is 15.7. The fraction of sp³-hybridized carbons (Fsp3) is 0.655. The SMILES string of the molecule is CC(C)(C)C(=O)OCC1=C[C@]2(CCC3OCCO3)OC(C(F)(F)F)=N[C@@H]2[C@@]2(CO)CN(S(=O)(=O)c3ccccc3)CC[C@@H]12. The van der Waals surface area contributed by atoms with Crippen LogP contribution in [-0.2, 0) is 33.8 Å². The number of alkyl halides is 3. The molecule has 0 radical (unpaired) electrons. The van der Waals surface area contributed by atoms with Crippen molar-refractivity contribution in [2.75, 3.05) is 39.5 Å². The highest BCUT2D eigenvalue weighted by molar-refractivity contribution is 7.89. The number of halogens is 3. The first kappa shape index (κ1) is 31.9. The number of esters is 1. The number of fused-ring (bicyclic) bond motifs is 3. The van der Waals surface area contributed by atoms with E-state index in [-0.39, 0.29) is 43.9 Å². The standard InChI is InChI=1S/C29H37F3N2O8S/c1-26(2,3)25(36)41-16-19-15-28(11-9-22-39-13-14-40-22)23(33-24(42-28)29(30,31)32)27(18-35)17-34(12-10-21(19)27)43(37,38)20-7-5-4-6-8-20/h4-8,15,21-23,35H,9-14,16-18H2,1-3H3/t21-,23+,27+,28-/m0/s1. The highest BCUT2D eigenvalue weighted by Crippen LogP contribution is 2.56. The van der Waals surface area contributed by atoms with Crippen LogP contribution in [0.1, 0.15) is 40.0 Å². The minimum absolute atomic E-state index is 0.0242. The minimum Gasteiger partial charge on any atom is -0.461 e. The average Bonchev–Trinajstić information content (AvgIpc) is 3.63. The van der Waals surface area contributed by atoms with Gasteiger partial charge in [0.2, 0.25) is 10.0 Å². The summed E-state index contributed by atoms with van der Waals surface area (Å²) in [6.45, 7) is 4.48. The Hall–Kier alpha value is -2.52. The van der Waals surface area contributed by atoms with Crippen LogP contribution in [0.25, 0.3) is 0 Å². The molecule has 2 fully saturated rings. The molecule has 1 N–H and O–H groups in total. The molecular weight excluding hydrogens is 593 g/mol. The van der Waals surface area contributed by atoms with Crippen LogP contribution in [-0.4, -0.2) is 93.3 Å². The van der Waals surface area contributed by atoms with E-state index >= 15 is 0 Å². The second-order valence-electron chi connectivity index (χ2n) is 12.5. The van der Waals surface area contributed by atoms with Crippen LogP contribution in [0.15, 0.2) is 51.9 Å². The molecule has 3 heterocycles. The number of aliphatic hydroxyl groups is 1. The molecule has 3 aliphatic heterocycles. The lowest BCUT2D eigenvalue weighted by molar-refractivity contribution is -0.152. The Balaban J connectivity index is 1.60. The van der Waals surface area contributed by atoms with Crippen LogP contribution in [0, 0.1) is 16.7 Å². The van der Waals surface area contributed by atoms with Crippen LogP contribution in [0.3, 0.4) is 0 Å². The minimum atomic E-state index is -4.94. The molecule has 10 nitrogen and oxygen atoms in total. The third-order valence-electron chi connectivity index (χ3n) is 8.61. The van der Waals surface area contributed by atoms with Gasteiger partial charge in [-0.25, -0.2) is 13.4 Å². The number of hydrogen-bond donors (Lipinski definition) is 1. The van der Waals surface area contributed by atoms with E-state index in [1.807, 2.05) is 0 Å². The molecule has 1 aromatic rings. The molecule has 2 saturated heterocycles. The van der Waals surface area contributed by atoms with E-state index in [0.29, 0.717) is 18.8 Å². The third-order valence-corrected chi connectivity index (χ3v) is 10.5. The Morgan fingerprint density at radius 2 is 1.84 bits per heavy atom. The summed E-state index contributed by atoms with van der Waals surface area (Å²) in [5, 5.41) is 11.1. The molecular formula is C29H37F3N2O8S. The van der Waals surface area contributed by atoms with E-state index in [9.17, 15) is 31.5 Å². The molecule has 4 aliphatic rings. The number of benzene rings is 1. The summed E-state index contributed by atoms with van der Waals surface area (Å²) in [7, 11) is -4.07. The summed E-state index contributed by atoms with van der Waals surface area (Å²) < 4.78 is 93.5. The lowest BCUT2D eigenvalue weighted by atomic mass is 9.56. The lowest BCUT2D eigenvalue weighted by Gasteiger charge is -2.55. The maximum absolute atomic E-state index is 14.2. The molecule has 43 heavy (non-hydrogen) atoms. The summed E-state index contributed by atoms with van der Waals surface area (Å²) >= 11 is 0. The molecule has 0 bridgehead atoms. The molecule has 14 heteroatoms. The number of hydrogen-bond acceptors (Lipinski definition) is 9. The van der Waals surface area contributed by atoms with Crippen molar-refractivity contribution in [3.63, 3.8) is 0 Å². The van der Waals surface area contributed by atoms with Gasteiger partial charge in [0, 0.05) is 24.9 Å². The first-order valence-electron chi connectivity index (χ1n) is 14.2. The number of piperidine rings is 1. The second-order valence-corrected chi connectivity index (χ2v) is 14.5. The largest absolute Gasteiger partial charge is 0.468 e. The van der Waals surface area contributed by atoms with Gasteiger partial charge in [-0.15, -0.1) is 0 Å². The number of rotatable bonds is 8. The van der Waals surface area contributed by atoms with Crippen molar-refractivity contribution < 1.29 is 50.4 Å². The van der Waals surface area contributed by atoms with Gasteiger partial charge in [0.05, 0.1) is 30.1 Å². The molecule has 0 aromatic heterocycles. The highest BCUT2D eigenvalue weighted by atomic mass is 32.2. The van der Waals surface area contributed by atoms with E-state index in [4.69, 9.17) is 18.9 Å². The molecule has 238 valence electrons. The predicted octanol–water partition coefficient (Wildman–Crippen LogP) is 3.46. The Bertz CT molecular complexity index is 1370. The molecule has 0 spiro atoms. The summed E-state index contributed by atoms with van der Waals surface area (Å²) in [5.41, 5.74) is -3.65. The fourth-order valence-electron chi connectivity index (χ4n) is 6.55. The maximum atomic E-state index is 14.2. The topological polar surface area (TPSA) is 124 Å². The van der Waals surface area contributed by atoms with E-state index in [2.05, 4.69) is 4.99 Å². The van der Waals surface area contributed by atoms with Gasteiger partial charge in [0.15, 0.2) is 11.9 Å². The van der Waals surface area contributed by atoms with E-state index in [1.165, 1.54) is 16.4 Å². The van der Waals surface area contributed by atoms with Gasteiger partial charge >= 0.3 is 12.1 Å². The average molecular weight is 631 g/mol. The van der Waals surface area contributed by atoms with Crippen molar-refractivity contribution in [1.29, 1.82) is 0 Å². The normalized spacial score (nSPS) is 30.2. The van der Waals surface area contributed by atoms with Gasteiger partial charge in [-0.2, -0.15) is 17.5 Å². The number of aliphatic hydroxyl groups excluding tert-OH is 1. The van der Waals surface area contributed by atoms with Gasteiger partial charge in [-0.3, -0.25) is 4.79 Å². The second kappa shape index (κ2) is 11.4. The highest BCUT2D eigenvalue weighted by Gasteiger charge is 2.66. The summed E-state index contributed by atoms with van der Waals surface area (Å²) in [6.07, 6.45) is -3.79. The number of nitrogens with zero attached hydrogens (tertiary/aromatic N) is 2. The molecule has 1 aromatic carbocycles. The number of carbonyl (C=O) groups is 1. The lowest BCUT2D eigenvalue weighted by Crippen LogP contribution is -2.65. The van der Waals surface area contributed by atoms with E-state index in [0.717, 1.165) is 0 Å². The monoisotopic (exact) mass is 630 g/mol. The van der Waals surface area contributed by atoms with Gasteiger partial charge in [-0.05, 0) is 63.3 Å². The van der Waals surface area contributed by atoms with Gasteiger partial charge < -0.3 is 24.1 Å². The van der Waals surface area contributed by atoms with Crippen LogP contribution >= 0.6 is 0 Å². The number of carbonyl (C=O) groups excluding carboxylic acids is 1. The zero-order valence-electron chi connectivity index (χ0n) is 24.3.